The molecule has 0 unspecified atom stereocenters. The summed E-state index contributed by atoms with van der Waals surface area (Å²) in [6, 6.07) is 5.91. The van der Waals surface area contributed by atoms with E-state index in [9.17, 15) is 0 Å². The predicted octanol–water partition coefficient (Wildman–Crippen LogP) is 3.30. The van der Waals surface area contributed by atoms with Crippen LogP contribution in [0.15, 0.2) is 35.1 Å². The minimum absolute atomic E-state index is 0.477. The van der Waals surface area contributed by atoms with Crippen molar-refractivity contribution in [3.63, 3.8) is 0 Å². The van der Waals surface area contributed by atoms with Gasteiger partial charge in [0.2, 0.25) is 5.78 Å². The highest BCUT2D eigenvalue weighted by molar-refractivity contribution is 9.10. The number of nitrogens with zero attached hydrogens (tertiary/aromatic N) is 3. The minimum Gasteiger partial charge on any atom is -0.284 e. The number of imidazole rings is 1. The molecular weight excluding hydrogens is 277 g/mol. The Bertz CT molecular complexity index is 662. The third-order valence-corrected chi connectivity index (χ3v) is 3.04. The van der Waals surface area contributed by atoms with Gasteiger partial charge in [-0.3, -0.25) is 4.40 Å². The molecule has 3 rings (SSSR count). The second-order valence-corrected chi connectivity index (χ2v) is 4.44. The van der Waals surface area contributed by atoms with E-state index < -0.39 is 0 Å². The zero-order chi connectivity index (χ0) is 10.4. The summed E-state index contributed by atoms with van der Waals surface area (Å²) in [4.78, 5) is 8.31. The highest BCUT2D eigenvalue weighted by atomic mass is 79.9. The van der Waals surface area contributed by atoms with Crippen LogP contribution in [-0.2, 0) is 0 Å². The molecule has 0 N–H and O–H groups in total. The normalized spacial score (nSPS) is 11.3. The first-order chi connectivity index (χ1) is 7.25. The van der Waals surface area contributed by atoms with Crippen LogP contribution in [0.4, 0.5) is 0 Å². The van der Waals surface area contributed by atoms with Gasteiger partial charge in [0.05, 0.1) is 5.52 Å². The average Bonchev–Trinajstić information content (AvgIpc) is 2.66. The van der Waals surface area contributed by atoms with Crippen LogP contribution >= 0.6 is 27.5 Å². The van der Waals surface area contributed by atoms with Crippen molar-refractivity contribution in [2.45, 2.75) is 0 Å². The van der Waals surface area contributed by atoms with Gasteiger partial charge in [0, 0.05) is 22.3 Å². The van der Waals surface area contributed by atoms with E-state index in [4.69, 9.17) is 11.6 Å². The van der Waals surface area contributed by atoms with Crippen LogP contribution in [0.5, 0.6) is 0 Å². The molecule has 74 valence electrons. The molecule has 0 aliphatic rings. The molecule has 0 saturated heterocycles. The lowest BCUT2D eigenvalue weighted by molar-refractivity contribution is 1.17. The molecule has 0 saturated carbocycles. The van der Waals surface area contributed by atoms with Gasteiger partial charge in [0.1, 0.15) is 5.15 Å². The SMILES string of the molecule is Clc1nc2nccn2c2ccc(Br)cc12. The van der Waals surface area contributed by atoms with Crippen LogP contribution in [0.1, 0.15) is 0 Å². The molecule has 0 radical (unpaired) electrons. The molecule has 0 aliphatic heterocycles. The minimum atomic E-state index is 0.477. The first-order valence-corrected chi connectivity index (χ1v) is 5.50. The Morgan fingerprint density at radius 3 is 3.07 bits per heavy atom. The number of rotatable bonds is 0. The maximum Gasteiger partial charge on any atom is 0.235 e. The fourth-order valence-electron chi connectivity index (χ4n) is 1.60. The summed E-state index contributed by atoms with van der Waals surface area (Å²) >= 11 is 9.49. The van der Waals surface area contributed by atoms with Gasteiger partial charge in [-0.05, 0) is 18.2 Å². The van der Waals surface area contributed by atoms with Crippen LogP contribution in [-0.4, -0.2) is 14.4 Å². The Labute approximate surface area is 98.8 Å². The summed E-state index contributed by atoms with van der Waals surface area (Å²) in [5, 5.41) is 1.39. The third-order valence-electron chi connectivity index (χ3n) is 2.26. The number of hydrogen-bond donors (Lipinski definition) is 0. The Morgan fingerprint density at radius 1 is 1.33 bits per heavy atom. The van der Waals surface area contributed by atoms with Crippen molar-refractivity contribution in [2.75, 3.05) is 0 Å². The van der Waals surface area contributed by atoms with Crippen molar-refractivity contribution in [3.8, 4) is 0 Å². The fraction of sp³-hybridized carbons (Fsp3) is 0. The molecule has 15 heavy (non-hydrogen) atoms. The summed E-state index contributed by atoms with van der Waals surface area (Å²) in [6.45, 7) is 0. The van der Waals surface area contributed by atoms with E-state index in [1.54, 1.807) is 6.20 Å². The predicted molar refractivity (Wildman–Crippen MR) is 63.2 cm³/mol. The number of aromatic nitrogens is 3. The zero-order valence-corrected chi connectivity index (χ0v) is 9.83. The van der Waals surface area contributed by atoms with Crippen LogP contribution < -0.4 is 0 Å². The largest absolute Gasteiger partial charge is 0.284 e. The smallest absolute Gasteiger partial charge is 0.235 e. The van der Waals surface area contributed by atoms with Gasteiger partial charge in [-0.1, -0.05) is 27.5 Å². The van der Waals surface area contributed by atoms with Crippen molar-refractivity contribution in [2.24, 2.45) is 0 Å². The molecule has 3 aromatic rings. The van der Waals surface area contributed by atoms with E-state index in [1.165, 1.54) is 0 Å². The summed E-state index contributed by atoms with van der Waals surface area (Å²) < 4.78 is 2.89. The lowest BCUT2D eigenvalue weighted by atomic mass is 10.2. The maximum absolute atomic E-state index is 6.08. The Morgan fingerprint density at radius 2 is 2.20 bits per heavy atom. The van der Waals surface area contributed by atoms with Gasteiger partial charge < -0.3 is 0 Å². The number of fused-ring (bicyclic) bond motifs is 3. The van der Waals surface area contributed by atoms with Crippen molar-refractivity contribution < 1.29 is 0 Å². The average molecular weight is 283 g/mol. The quantitative estimate of drug-likeness (QED) is 0.592. The number of benzene rings is 1. The molecule has 0 fully saturated rings. The second-order valence-electron chi connectivity index (χ2n) is 3.16. The van der Waals surface area contributed by atoms with Gasteiger partial charge in [-0.25, -0.2) is 4.98 Å². The summed E-state index contributed by atoms with van der Waals surface area (Å²) in [6.07, 6.45) is 3.58. The Balaban J connectivity index is 2.61. The van der Waals surface area contributed by atoms with Crippen LogP contribution in [0.25, 0.3) is 16.7 Å². The molecular formula is C10H5BrClN3. The summed E-state index contributed by atoms with van der Waals surface area (Å²) in [5.41, 5.74) is 1.01. The number of halogens is 2. The molecule has 0 amide bonds. The molecule has 3 nitrogen and oxygen atoms in total. The summed E-state index contributed by atoms with van der Waals surface area (Å²) in [5.74, 6) is 0.620. The van der Waals surface area contributed by atoms with E-state index in [-0.39, 0.29) is 0 Å². The molecule has 5 heteroatoms. The first-order valence-electron chi connectivity index (χ1n) is 4.33. The lowest BCUT2D eigenvalue weighted by Crippen LogP contribution is -1.91. The van der Waals surface area contributed by atoms with Crippen molar-refractivity contribution in [1.82, 2.24) is 14.4 Å². The summed E-state index contributed by atoms with van der Waals surface area (Å²) in [7, 11) is 0. The molecule has 2 aromatic heterocycles. The van der Waals surface area contributed by atoms with E-state index in [0.29, 0.717) is 10.9 Å². The highest BCUT2D eigenvalue weighted by Gasteiger charge is 2.06. The molecule has 0 aliphatic carbocycles. The van der Waals surface area contributed by atoms with Gasteiger partial charge in [0.25, 0.3) is 0 Å². The molecule has 2 heterocycles. The van der Waals surface area contributed by atoms with Gasteiger partial charge >= 0.3 is 0 Å². The second kappa shape index (κ2) is 3.18. The fourth-order valence-corrected chi connectivity index (χ4v) is 2.19. The Kier molecular flexibility index (Phi) is 1.94. The van der Waals surface area contributed by atoms with E-state index in [0.717, 1.165) is 15.4 Å². The van der Waals surface area contributed by atoms with Gasteiger partial charge in [-0.2, -0.15) is 4.98 Å². The van der Waals surface area contributed by atoms with Crippen LogP contribution in [0, 0.1) is 0 Å². The first kappa shape index (κ1) is 9.12. The van der Waals surface area contributed by atoms with E-state index in [2.05, 4.69) is 25.9 Å². The standard InChI is InChI=1S/C10H5BrClN3/c11-6-1-2-8-7(5-6)9(12)14-10-13-3-4-15(8)10/h1-5H. The van der Waals surface area contributed by atoms with Crippen molar-refractivity contribution in [1.29, 1.82) is 0 Å². The van der Waals surface area contributed by atoms with Crippen molar-refractivity contribution >= 4 is 44.2 Å². The van der Waals surface area contributed by atoms with Gasteiger partial charge in [-0.15, -0.1) is 0 Å². The maximum atomic E-state index is 6.08. The van der Waals surface area contributed by atoms with Crippen LogP contribution in [0.2, 0.25) is 5.15 Å². The third kappa shape index (κ3) is 1.33. The molecule has 0 atom stereocenters. The van der Waals surface area contributed by atoms with E-state index in [1.807, 2.05) is 28.8 Å². The monoisotopic (exact) mass is 281 g/mol. The topological polar surface area (TPSA) is 30.2 Å². The molecule has 1 aromatic carbocycles. The highest BCUT2D eigenvalue weighted by Crippen LogP contribution is 2.25. The van der Waals surface area contributed by atoms with Gasteiger partial charge in [0.15, 0.2) is 0 Å². The Hall–Kier alpha value is -1.13. The molecule has 0 spiro atoms. The lowest BCUT2D eigenvalue weighted by Gasteiger charge is -2.03. The zero-order valence-electron chi connectivity index (χ0n) is 7.48. The van der Waals surface area contributed by atoms with Crippen LogP contribution in [0.3, 0.4) is 0 Å². The van der Waals surface area contributed by atoms with Crippen molar-refractivity contribution in [3.05, 3.63) is 40.2 Å². The number of hydrogen-bond acceptors (Lipinski definition) is 2. The molecule has 0 bridgehead atoms. The van der Waals surface area contributed by atoms with E-state index >= 15 is 0 Å².